The van der Waals surface area contributed by atoms with Gasteiger partial charge in [0.15, 0.2) is 0 Å². The molecule has 20 heavy (non-hydrogen) atoms. The van der Waals surface area contributed by atoms with Gasteiger partial charge in [-0.1, -0.05) is 35.9 Å². The third kappa shape index (κ3) is 3.97. The Morgan fingerprint density at radius 3 is 2.60 bits per heavy atom. The number of ether oxygens (including phenoxy) is 2. The van der Waals surface area contributed by atoms with Crippen molar-refractivity contribution in [1.29, 1.82) is 0 Å². The Morgan fingerprint density at radius 2 is 1.90 bits per heavy atom. The van der Waals surface area contributed by atoms with Crippen LogP contribution in [0.4, 0.5) is 0 Å². The SMILES string of the molecule is COc1cccc(COCc2ccc(CN)cc2Cl)c1. The quantitative estimate of drug-likeness (QED) is 0.885. The molecule has 0 saturated carbocycles. The summed E-state index contributed by atoms with van der Waals surface area (Å²) in [5, 5.41) is 0.693. The number of nitrogens with two attached hydrogens (primary N) is 1. The molecule has 4 heteroatoms. The van der Waals surface area contributed by atoms with Crippen LogP contribution < -0.4 is 10.5 Å². The van der Waals surface area contributed by atoms with Crippen molar-refractivity contribution in [3.63, 3.8) is 0 Å². The Bertz CT molecular complexity index is 572. The van der Waals surface area contributed by atoms with Gasteiger partial charge in [0.1, 0.15) is 5.75 Å². The van der Waals surface area contributed by atoms with Gasteiger partial charge in [-0.3, -0.25) is 0 Å². The molecule has 3 nitrogen and oxygen atoms in total. The molecule has 0 saturated heterocycles. The first-order valence-corrected chi connectivity index (χ1v) is 6.78. The van der Waals surface area contributed by atoms with Gasteiger partial charge in [-0.2, -0.15) is 0 Å². The van der Waals surface area contributed by atoms with Gasteiger partial charge < -0.3 is 15.2 Å². The summed E-state index contributed by atoms with van der Waals surface area (Å²) in [5.74, 6) is 0.830. The number of halogens is 1. The summed E-state index contributed by atoms with van der Waals surface area (Å²) in [6.07, 6.45) is 0. The monoisotopic (exact) mass is 291 g/mol. The molecule has 2 aromatic carbocycles. The van der Waals surface area contributed by atoms with E-state index < -0.39 is 0 Å². The summed E-state index contributed by atoms with van der Waals surface area (Å²) in [6.45, 7) is 1.48. The number of rotatable bonds is 6. The van der Waals surface area contributed by atoms with E-state index in [0.29, 0.717) is 24.8 Å². The van der Waals surface area contributed by atoms with E-state index in [2.05, 4.69) is 0 Å². The maximum Gasteiger partial charge on any atom is 0.119 e. The molecule has 0 unspecified atom stereocenters. The average Bonchev–Trinajstić information content (AvgIpc) is 2.49. The van der Waals surface area contributed by atoms with Gasteiger partial charge in [0.25, 0.3) is 0 Å². The fourth-order valence-electron chi connectivity index (χ4n) is 1.88. The summed E-state index contributed by atoms with van der Waals surface area (Å²) in [4.78, 5) is 0. The molecule has 106 valence electrons. The molecule has 0 radical (unpaired) electrons. The molecule has 0 aliphatic rings. The lowest BCUT2D eigenvalue weighted by Crippen LogP contribution is -1.99. The maximum absolute atomic E-state index is 6.18. The molecule has 0 heterocycles. The highest BCUT2D eigenvalue weighted by Gasteiger charge is 2.02. The third-order valence-corrected chi connectivity index (χ3v) is 3.37. The number of methoxy groups -OCH3 is 1. The highest BCUT2D eigenvalue weighted by molar-refractivity contribution is 6.31. The van der Waals surface area contributed by atoms with Crippen LogP contribution in [0, 0.1) is 0 Å². The smallest absolute Gasteiger partial charge is 0.119 e. The summed E-state index contributed by atoms with van der Waals surface area (Å²) in [5.41, 5.74) is 8.62. The molecule has 0 fully saturated rings. The van der Waals surface area contributed by atoms with Crippen molar-refractivity contribution in [2.45, 2.75) is 19.8 Å². The minimum atomic E-state index is 0.473. The second kappa shape index (κ2) is 7.29. The van der Waals surface area contributed by atoms with Crippen molar-refractivity contribution < 1.29 is 9.47 Å². The summed E-state index contributed by atoms with van der Waals surface area (Å²) in [6, 6.07) is 13.6. The Morgan fingerprint density at radius 1 is 1.05 bits per heavy atom. The van der Waals surface area contributed by atoms with Crippen LogP contribution in [-0.2, 0) is 24.5 Å². The minimum absolute atomic E-state index is 0.473. The molecular weight excluding hydrogens is 274 g/mol. The Balaban J connectivity index is 1.92. The first-order chi connectivity index (χ1) is 9.72. The Labute approximate surface area is 124 Å². The van der Waals surface area contributed by atoms with Crippen LogP contribution >= 0.6 is 11.6 Å². The molecule has 2 rings (SSSR count). The van der Waals surface area contributed by atoms with Gasteiger partial charge in [0.2, 0.25) is 0 Å². The van der Waals surface area contributed by atoms with Crippen LogP contribution in [0.15, 0.2) is 42.5 Å². The molecule has 0 spiro atoms. The van der Waals surface area contributed by atoms with Crippen LogP contribution in [0.2, 0.25) is 5.02 Å². The molecule has 0 amide bonds. The van der Waals surface area contributed by atoms with Crippen molar-refractivity contribution in [3.8, 4) is 5.75 Å². The van der Waals surface area contributed by atoms with E-state index in [1.165, 1.54) is 0 Å². The first kappa shape index (κ1) is 14.9. The second-order valence-corrected chi connectivity index (χ2v) is 4.88. The highest BCUT2D eigenvalue weighted by Crippen LogP contribution is 2.20. The zero-order valence-electron chi connectivity index (χ0n) is 11.4. The largest absolute Gasteiger partial charge is 0.497 e. The van der Waals surface area contributed by atoms with Crippen LogP contribution in [0.1, 0.15) is 16.7 Å². The predicted octanol–water partition coefficient (Wildman–Crippen LogP) is 3.52. The van der Waals surface area contributed by atoms with E-state index >= 15 is 0 Å². The lowest BCUT2D eigenvalue weighted by Gasteiger charge is -2.08. The second-order valence-electron chi connectivity index (χ2n) is 4.47. The molecule has 2 aromatic rings. The van der Waals surface area contributed by atoms with Crippen LogP contribution in [0.5, 0.6) is 5.75 Å². The van der Waals surface area contributed by atoms with E-state index in [1.807, 2.05) is 42.5 Å². The van der Waals surface area contributed by atoms with E-state index in [4.69, 9.17) is 26.8 Å². The molecule has 0 aliphatic carbocycles. The van der Waals surface area contributed by atoms with Crippen LogP contribution in [0.3, 0.4) is 0 Å². The van der Waals surface area contributed by atoms with Crippen molar-refractivity contribution in [2.75, 3.05) is 7.11 Å². The van der Waals surface area contributed by atoms with Crippen LogP contribution in [-0.4, -0.2) is 7.11 Å². The van der Waals surface area contributed by atoms with Crippen molar-refractivity contribution in [1.82, 2.24) is 0 Å². The van der Waals surface area contributed by atoms with Crippen molar-refractivity contribution >= 4 is 11.6 Å². The van der Waals surface area contributed by atoms with Gasteiger partial charge in [-0.15, -0.1) is 0 Å². The minimum Gasteiger partial charge on any atom is -0.497 e. The van der Waals surface area contributed by atoms with Crippen molar-refractivity contribution in [3.05, 3.63) is 64.2 Å². The van der Waals surface area contributed by atoms with Gasteiger partial charge >= 0.3 is 0 Å². The number of hydrogen-bond acceptors (Lipinski definition) is 3. The lowest BCUT2D eigenvalue weighted by molar-refractivity contribution is 0.107. The topological polar surface area (TPSA) is 44.5 Å². The molecule has 0 aliphatic heterocycles. The fourth-order valence-corrected chi connectivity index (χ4v) is 2.13. The predicted molar refractivity (Wildman–Crippen MR) is 80.8 cm³/mol. The maximum atomic E-state index is 6.18. The molecule has 0 aromatic heterocycles. The normalized spacial score (nSPS) is 10.6. The summed E-state index contributed by atoms with van der Waals surface area (Å²) >= 11 is 6.18. The fraction of sp³-hybridized carbons (Fsp3) is 0.250. The van der Waals surface area contributed by atoms with Crippen molar-refractivity contribution in [2.24, 2.45) is 5.73 Å². The Kier molecular flexibility index (Phi) is 5.41. The zero-order chi connectivity index (χ0) is 14.4. The summed E-state index contributed by atoms with van der Waals surface area (Å²) in [7, 11) is 1.65. The number of benzene rings is 2. The Hall–Kier alpha value is -1.55. The van der Waals surface area contributed by atoms with Gasteiger partial charge in [0, 0.05) is 11.6 Å². The third-order valence-electron chi connectivity index (χ3n) is 3.01. The standard InChI is InChI=1S/C16H18ClNO2/c1-19-15-4-2-3-13(7-15)10-20-11-14-6-5-12(9-18)8-16(14)17/h2-8H,9-11,18H2,1H3. The first-order valence-electron chi connectivity index (χ1n) is 6.41. The average molecular weight is 292 g/mol. The van der Waals surface area contributed by atoms with E-state index in [-0.39, 0.29) is 0 Å². The highest BCUT2D eigenvalue weighted by atomic mass is 35.5. The molecular formula is C16H18ClNO2. The molecule has 0 bridgehead atoms. The number of hydrogen-bond donors (Lipinski definition) is 1. The van der Waals surface area contributed by atoms with E-state index in [0.717, 1.165) is 22.4 Å². The molecule has 0 atom stereocenters. The molecule has 2 N–H and O–H groups in total. The van der Waals surface area contributed by atoms with Gasteiger partial charge in [-0.25, -0.2) is 0 Å². The van der Waals surface area contributed by atoms with Gasteiger partial charge in [0.05, 0.1) is 20.3 Å². The van der Waals surface area contributed by atoms with Gasteiger partial charge in [-0.05, 0) is 34.9 Å². The van der Waals surface area contributed by atoms with Crippen LogP contribution in [0.25, 0.3) is 0 Å². The zero-order valence-corrected chi connectivity index (χ0v) is 12.2. The lowest BCUT2D eigenvalue weighted by atomic mass is 10.1. The summed E-state index contributed by atoms with van der Waals surface area (Å²) < 4.78 is 10.9. The van der Waals surface area contributed by atoms with E-state index in [9.17, 15) is 0 Å². The van der Waals surface area contributed by atoms with E-state index in [1.54, 1.807) is 7.11 Å².